The van der Waals surface area contributed by atoms with E-state index in [4.69, 9.17) is 4.42 Å². The van der Waals surface area contributed by atoms with Gasteiger partial charge in [0.2, 0.25) is 0 Å². The fraction of sp³-hybridized carbons (Fsp3) is 0.462. The highest BCUT2D eigenvalue weighted by Gasteiger charge is 2.11. The minimum Gasteiger partial charge on any atom is -0.408 e. The molecule has 0 aliphatic rings. The van der Waals surface area contributed by atoms with Crippen LogP contribution in [0.15, 0.2) is 27.4 Å². The second-order valence-electron chi connectivity index (χ2n) is 4.17. The molecule has 1 aromatic carbocycles. The molecule has 2 rings (SSSR count). The summed E-state index contributed by atoms with van der Waals surface area (Å²) in [6, 6.07) is 5.43. The van der Waals surface area contributed by atoms with Crippen LogP contribution in [-0.4, -0.2) is 9.67 Å². The molecule has 2 aromatic rings. The van der Waals surface area contributed by atoms with Gasteiger partial charge in [-0.3, -0.25) is 4.57 Å². The van der Waals surface area contributed by atoms with Crippen molar-refractivity contribution in [2.45, 2.75) is 39.3 Å². The lowest BCUT2D eigenvalue weighted by molar-refractivity contribution is 0.173. The van der Waals surface area contributed by atoms with Gasteiger partial charge in [-0.05, 0) is 30.5 Å². The lowest BCUT2D eigenvalue weighted by Gasteiger charge is -2.07. The molecule has 0 fully saturated rings. The summed E-state index contributed by atoms with van der Waals surface area (Å²) in [5, 5.41) is 9.74. The number of aliphatic hydroxyl groups excluding tert-OH is 1. The molecule has 4 nitrogen and oxygen atoms in total. The first-order valence-electron chi connectivity index (χ1n) is 5.98. The summed E-state index contributed by atoms with van der Waals surface area (Å²) in [4.78, 5) is 11.6. The number of fused-ring (bicyclic) bond motifs is 1. The number of nitrogens with zero attached hydrogens (tertiary/aromatic N) is 1. The Balaban J connectivity index is 2.53. The molecule has 92 valence electrons. The molecule has 1 heterocycles. The van der Waals surface area contributed by atoms with Crippen LogP contribution in [0, 0.1) is 0 Å². The lowest BCUT2D eigenvalue weighted by Crippen LogP contribution is -2.13. The Hall–Kier alpha value is -1.55. The van der Waals surface area contributed by atoms with Crippen LogP contribution in [0.2, 0.25) is 0 Å². The molecular weight excluding hydrogens is 218 g/mol. The van der Waals surface area contributed by atoms with Crippen LogP contribution in [0.1, 0.15) is 38.4 Å². The topological polar surface area (TPSA) is 55.4 Å². The zero-order valence-electron chi connectivity index (χ0n) is 10.1. The number of aromatic nitrogens is 1. The molecule has 17 heavy (non-hydrogen) atoms. The first kappa shape index (κ1) is 11.9. The summed E-state index contributed by atoms with van der Waals surface area (Å²) < 4.78 is 6.81. The minimum absolute atomic E-state index is 0.329. The summed E-state index contributed by atoms with van der Waals surface area (Å²) in [6.07, 6.45) is 1.03. The second kappa shape index (κ2) is 4.75. The molecule has 1 N–H and O–H groups in total. The minimum atomic E-state index is -0.501. The number of benzene rings is 1. The lowest BCUT2D eigenvalue weighted by atomic mass is 10.1. The fourth-order valence-electron chi connectivity index (χ4n) is 1.96. The van der Waals surface area contributed by atoms with Crippen molar-refractivity contribution >= 4 is 11.1 Å². The van der Waals surface area contributed by atoms with E-state index < -0.39 is 6.10 Å². The van der Waals surface area contributed by atoms with Crippen LogP contribution in [0.3, 0.4) is 0 Å². The van der Waals surface area contributed by atoms with E-state index in [-0.39, 0.29) is 5.76 Å². The van der Waals surface area contributed by atoms with E-state index in [0.717, 1.165) is 17.5 Å². The van der Waals surface area contributed by atoms with Crippen molar-refractivity contribution in [3.8, 4) is 0 Å². The van der Waals surface area contributed by atoms with Gasteiger partial charge in [0.15, 0.2) is 5.58 Å². The highest BCUT2D eigenvalue weighted by atomic mass is 16.4. The van der Waals surface area contributed by atoms with Crippen LogP contribution < -0.4 is 5.76 Å². The number of aliphatic hydroxyl groups is 1. The van der Waals surface area contributed by atoms with Crippen molar-refractivity contribution in [3.05, 3.63) is 34.3 Å². The number of hydrogen-bond donors (Lipinski definition) is 1. The third kappa shape index (κ3) is 2.13. The van der Waals surface area contributed by atoms with Gasteiger partial charge in [0.05, 0.1) is 11.6 Å². The van der Waals surface area contributed by atoms with E-state index in [9.17, 15) is 9.90 Å². The third-order valence-corrected chi connectivity index (χ3v) is 2.91. The average Bonchev–Trinajstić information content (AvgIpc) is 2.64. The summed E-state index contributed by atoms with van der Waals surface area (Å²) in [5.74, 6) is -0.329. The van der Waals surface area contributed by atoms with Gasteiger partial charge in [-0.25, -0.2) is 4.79 Å². The first-order valence-corrected chi connectivity index (χ1v) is 5.98. The van der Waals surface area contributed by atoms with Crippen molar-refractivity contribution in [1.29, 1.82) is 0 Å². The number of rotatable bonds is 4. The Morgan fingerprint density at radius 1 is 1.41 bits per heavy atom. The predicted octanol–water partition coefficient (Wildman–Crippen LogP) is 2.45. The summed E-state index contributed by atoms with van der Waals surface area (Å²) in [7, 11) is 0. The van der Waals surface area contributed by atoms with Crippen LogP contribution in [0.4, 0.5) is 0 Å². The molecule has 4 heteroatoms. The van der Waals surface area contributed by atoms with Crippen LogP contribution in [0.5, 0.6) is 0 Å². The molecular formula is C13H17NO3. The standard InChI is InChI=1S/C13H17NO3/c1-3-7-14-10-6-5-9(11(15)4-2)8-12(10)17-13(14)16/h5-6,8,11,15H,3-4,7H2,1-2H3/t11-/m0/s1. The van der Waals surface area contributed by atoms with Crippen LogP contribution in [0.25, 0.3) is 11.1 Å². The smallest absolute Gasteiger partial charge is 0.408 e. The van der Waals surface area contributed by atoms with E-state index in [1.807, 2.05) is 26.0 Å². The second-order valence-corrected chi connectivity index (χ2v) is 4.17. The van der Waals surface area contributed by atoms with E-state index in [1.54, 1.807) is 10.6 Å². The van der Waals surface area contributed by atoms with Crippen LogP contribution >= 0.6 is 0 Å². The highest BCUT2D eigenvalue weighted by molar-refractivity contribution is 5.73. The maximum Gasteiger partial charge on any atom is 0.419 e. The molecule has 1 atom stereocenters. The Kier molecular flexibility index (Phi) is 3.33. The van der Waals surface area contributed by atoms with Gasteiger partial charge >= 0.3 is 5.76 Å². The molecule has 0 spiro atoms. The Labute approximate surface area is 99.5 Å². The monoisotopic (exact) mass is 235 g/mol. The van der Waals surface area contributed by atoms with Crippen molar-refractivity contribution in [1.82, 2.24) is 4.57 Å². The fourth-order valence-corrected chi connectivity index (χ4v) is 1.96. The Bertz CT molecular complexity index is 568. The normalized spacial score (nSPS) is 13.1. The van der Waals surface area contributed by atoms with Gasteiger partial charge in [-0.1, -0.05) is 19.9 Å². The average molecular weight is 235 g/mol. The van der Waals surface area contributed by atoms with Gasteiger partial charge in [0, 0.05) is 6.54 Å². The third-order valence-electron chi connectivity index (χ3n) is 2.91. The molecule has 0 saturated heterocycles. The Morgan fingerprint density at radius 3 is 2.82 bits per heavy atom. The zero-order chi connectivity index (χ0) is 12.4. The van der Waals surface area contributed by atoms with E-state index in [0.29, 0.717) is 18.5 Å². The van der Waals surface area contributed by atoms with E-state index in [1.165, 1.54) is 0 Å². The molecule has 0 amide bonds. The molecule has 1 aromatic heterocycles. The SMILES string of the molecule is CCCn1c(=O)oc2cc([C@@H](O)CC)ccc21. The van der Waals surface area contributed by atoms with Crippen molar-refractivity contribution in [2.75, 3.05) is 0 Å². The van der Waals surface area contributed by atoms with Crippen LogP contribution in [-0.2, 0) is 6.54 Å². The number of aryl methyl sites for hydroxylation is 1. The number of oxazole rings is 1. The number of hydrogen-bond acceptors (Lipinski definition) is 3. The summed E-state index contributed by atoms with van der Waals surface area (Å²) in [6.45, 7) is 4.58. The van der Waals surface area contributed by atoms with Gasteiger partial charge in [0.25, 0.3) is 0 Å². The van der Waals surface area contributed by atoms with Gasteiger partial charge in [0.1, 0.15) is 0 Å². The highest BCUT2D eigenvalue weighted by Crippen LogP contribution is 2.21. The summed E-state index contributed by atoms with van der Waals surface area (Å²) >= 11 is 0. The maximum absolute atomic E-state index is 11.6. The molecule has 0 bridgehead atoms. The van der Waals surface area contributed by atoms with E-state index in [2.05, 4.69) is 0 Å². The van der Waals surface area contributed by atoms with Gasteiger partial charge < -0.3 is 9.52 Å². The van der Waals surface area contributed by atoms with Crippen molar-refractivity contribution < 1.29 is 9.52 Å². The molecule has 0 aliphatic carbocycles. The van der Waals surface area contributed by atoms with Gasteiger partial charge in [-0.2, -0.15) is 0 Å². The van der Waals surface area contributed by atoms with E-state index >= 15 is 0 Å². The molecule has 0 saturated carbocycles. The molecule has 0 unspecified atom stereocenters. The maximum atomic E-state index is 11.6. The molecule has 0 aliphatic heterocycles. The summed E-state index contributed by atoms with van der Waals surface area (Å²) in [5.41, 5.74) is 2.13. The largest absolute Gasteiger partial charge is 0.419 e. The quantitative estimate of drug-likeness (QED) is 0.885. The Morgan fingerprint density at radius 2 is 2.18 bits per heavy atom. The molecule has 0 radical (unpaired) electrons. The first-order chi connectivity index (χ1) is 8.17. The zero-order valence-corrected chi connectivity index (χ0v) is 10.1. The predicted molar refractivity (Wildman–Crippen MR) is 66.0 cm³/mol. The van der Waals surface area contributed by atoms with Gasteiger partial charge in [-0.15, -0.1) is 0 Å². The van der Waals surface area contributed by atoms with Crippen molar-refractivity contribution in [2.24, 2.45) is 0 Å². The van der Waals surface area contributed by atoms with Crippen molar-refractivity contribution in [3.63, 3.8) is 0 Å².